The lowest BCUT2D eigenvalue weighted by atomic mass is 9.89. The molecule has 0 saturated carbocycles. The molecule has 0 unspecified atom stereocenters. The molecule has 0 atom stereocenters. The van der Waals surface area contributed by atoms with Crippen LogP contribution in [0.1, 0.15) is 39.2 Å². The summed E-state index contributed by atoms with van der Waals surface area (Å²) in [7, 11) is 1.34. The highest BCUT2D eigenvalue weighted by Gasteiger charge is 2.31. The first kappa shape index (κ1) is 20.6. The highest BCUT2D eigenvalue weighted by Crippen LogP contribution is 2.40. The van der Waals surface area contributed by atoms with Crippen LogP contribution in [0.3, 0.4) is 0 Å². The second-order valence-corrected chi connectivity index (χ2v) is 7.85. The van der Waals surface area contributed by atoms with E-state index in [-0.39, 0.29) is 17.5 Å². The number of hydrogen-bond donors (Lipinski definition) is 2. The van der Waals surface area contributed by atoms with Gasteiger partial charge < -0.3 is 15.2 Å². The van der Waals surface area contributed by atoms with Crippen molar-refractivity contribution in [3.63, 3.8) is 0 Å². The van der Waals surface area contributed by atoms with E-state index < -0.39 is 11.5 Å². The largest absolute Gasteiger partial charge is 0.508 e. The van der Waals surface area contributed by atoms with Crippen molar-refractivity contribution < 1.29 is 19.0 Å². The molecule has 3 aromatic rings. The van der Waals surface area contributed by atoms with Gasteiger partial charge in [0.15, 0.2) is 0 Å². The Morgan fingerprint density at radius 2 is 1.83 bits per heavy atom. The molecule has 0 radical (unpaired) electrons. The van der Waals surface area contributed by atoms with E-state index in [0.29, 0.717) is 11.3 Å². The number of anilines is 1. The summed E-state index contributed by atoms with van der Waals surface area (Å²) in [6.45, 7) is 7.50. The van der Waals surface area contributed by atoms with Crippen molar-refractivity contribution in [1.82, 2.24) is 4.98 Å². The third kappa shape index (κ3) is 4.01. The first-order chi connectivity index (χ1) is 13.6. The lowest BCUT2D eigenvalue weighted by Gasteiger charge is -2.28. The van der Waals surface area contributed by atoms with Gasteiger partial charge in [-0.15, -0.1) is 0 Å². The predicted octanol–water partition coefficient (Wildman–Crippen LogP) is 5.23. The van der Waals surface area contributed by atoms with Gasteiger partial charge in [-0.1, -0.05) is 26.0 Å². The number of aromatic nitrogens is 1. The van der Waals surface area contributed by atoms with Crippen LogP contribution in [0.15, 0.2) is 42.5 Å². The van der Waals surface area contributed by atoms with Crippen molar-refractivity contribution >= 4 is 22.7 Å². The number of pyridine rings is 1. The Morgan fingerprint density at radius 1 is 1.17 bits per heavy atom. The number of carbonyl (C=O) groups excluding carboxylic acids is 1. The molecule has 29 heavy (non-hydrogen) atoms. The standard InChI is InChI=1S/C23H25FN2O3/c1-13(2)19-20(14-6-8-15(24)9-7-14)17-11-10-16(27)12-18(17)25-21(19)26-23(3,4)22(28)29-5/h6-13,27H,1-5H3,(H,25,26). The summed E-state index contributed by atoms with van der Waals surface area (Å²) in [6, 6.07) is 11.2. The van der Waals surface area contributed by atoms with Gasteiger partial charge in [0.05, 0.1) is 12.6 Å². The van der Waals surface area contributed by atoms with Crippen LogP contribution >= 0.6 is 0 Å². The van der Waals surface area contributed by atoms with E-state index in [2.05, 4.69) is 5.32 Å². The molecule has 0 fully saturated rings. The van der Waals surface area contributed by atoms with E-state index in [4.69, 9.17) is 9.72 Å². The van der Waals surface area contributed by atoms with Crippen LogP contribution in [0.5, 0.6) is 5.75 Å². The number of rotatable bonds is 5. The minimum Gasteiger partial charge on any atom is -0.508 e. The summed E-state index contributed by atoms with van der Waals surface area (Å²) in [5.74, 6) is -0.0792. The van der Waals surface area contributed by atoms with Gasteiger partial charge in [-0.25, -0.2) is 14.2 Å². The van der Waals surface area contributed by atoms with Gasteiger partial charge in [-0.3, -0.25) is 0 Å². The van der Waals surface area contributed by atoms with Crippen LogP contribution in [0.4, 0.5) is 10.2 Å². The fourth-order valence-corrected chi connectivity index (χ4v) is 3.46. The maximum Gasteiger partial charge on any atom is 0.330 e. The number of fused-ring (bicyclic) bond motifs is 1. The van der Waals surface area contributed by atoms with Crippen molar-refractivity contribution in [2.24, 2.45) is 0 Å². The number of halogens is 1. The minimum atomic E-state index is -1.02. The molecule has 2 N–H and O–H groups in total. The number of nitrogens with one attached hydrogen (secondary N) is 1. The van der Waals surface area contributed by atoms with E-state index >= 15 is 0 Å². The third-order valence-corrected chi connectivity index (χ3v) is 4.84. The normalized spacial score (nSPS) is 11.7. The molecule has 1 heterocycles. The number of benzene rings is 2. The number of phenols is 1. The van der Waals surface area contributed by atoms with Crippen molar-refractivity contribution in [1.29, 1.82) is 0 Å². The Kier molecular flexibility index (Phi) is 5.46. The van der Waals surface area contributed by atoms with Gasteiger partial charge in [-0.05, 0) is 55.2 Å². The smallest absolute Gasteiger partial charge is 0.330 e. The van der Waals surface area contributed by atoms with E-state index in [0.717, 1.165) is 22.1 Å². The Bertz CT molecular complexity index is 1060. The van der Waals surface area contributed by atoms with Gasteiger partial charge in [0, 0.05) is 17.0 Å². The van der Waals surface area contributed by atoms with Crippen LogP contribution in [0.25, 0.3) is 22.0 Å². The second-order valence-electron chi connectivity index (χ2n) is 7.85. The van der Waals surface area contributed by atoms with Crippen molar-refractivity contribution in [3.8, 4) is 16.9 Å². The molecular formula is C23H25FN2O3. The SMILES string of the molecule is COC(=O)C(C)(C)Nc1nc2cc(O)ccc2c(-c2ccc(F)cc2)c1C(C)C. The Hall–Kier alpha value is -3.15. The van der Waals surface area contributed by atoms with Crippen LogP contribution in [0.2, 0.25) is 0 Å². The topological polar surface area (TPSA) is 71.5 Å². The molecule has 0 aliphatic rings. The van der Waals surface area contributed by atoms with E-state index in [1.807, 2.05) is 13.8 Å². The molecule has 5 nitrogen and oxygen atoms in total. The van der Waals surface area contributed by atoms with Crippen LogP contribution in [-0.4, -0.2) is 28.7 Å². The average molecular weight is 396 g/mol. The maximum absolute atomic E-state index is 13.5. The Labute approximate surface area is 169 Å². The third-order valence-electron chi connectivity index (χ3n) is 4.84. The summed E-state index contributed by atoms with van der Waals surface area (Å²) in [4.78, 5) is 16.9. The fraction of sp³-hybridized carbons (Fsp3) is 0.304. The number of esters is 1. The zero-order valence-corrected chi connectivity index (χ0v) is 17.2. The zero-order valence-electron chi connectivity index (χ0n) is 17.2. The summed E-state index contributed by atoms with van der Waals surface area (Å²) in [5.41, 5.74) is 2.15. The van der Waals surface area contributed by atoms with Gasteiger partial charge in [-0.2, -0.15) is 0 Å². The molecule has 2 aromatic carbocycles. The van der Waals surface area contributed by atoms with Crippen molar-refractivity contribution in [2.45, 2.75) is 39.2 Å². The molecule has 0 saturated heterocycles. The van der Waals surface area contributed by atoms with Gasteiger partial charge >= 0.3 is 5.97 Å². The number of hydrogen-bond acceptors (Lipinski definition) is 5. The number of carbonyl (C=O) groups is 1. The molecule has 0 aliphatic carbocycles. The fourth-order valence-electron chi connectivity index (χ4n) is 3.46. The summed E-state index contributed by atoms with van der Waals surface area (Å²) in [6.07, 6.45) is 0. The van der Waals surface area contributed by atoms with Gasteiger partial charge in [0.1, 0.15) is 22.9 Å². The molecule has 6 heteroatoms. The number of ether oxygens (including phenoxy) is 1. The average Bonchev–Trinajstić information content (AvgIpc) is 2.66. The van der Waals surface area contributed by atoms with Crippen LogP contribution in [-0.2, 0) is 9.53 Å². The molecular weight excluding hydrogens is 371 g/mol. The van der Waals surface area contributed by atoms with E-state index in [1.165, 1.54) is 19.2 Å². The number of phenolic OH excluding ortho intramolecular Hbond substituents is 1. The van der Waals surface area contributed by atoms with Crippen LogP contribution < -0.4 is 5.32 Å². The molecule has 0 bridgehead atoms. The monoisotopic (exact) mass is 396 g/mol. The molecule has 0 aliphatic heterocycles. The van der Waals surface area contributed by atoms with Crippen molar-refractivity contribution in [3.05, 3.63) is 53.8 Å². The summed E-state index contributed by atoms with van der Waals surface area (Å²) >= 11 is 0. The molecule has 152 valence electrons. The zero-order chi connectivity index (χ0) is 21.3. The lowest BCUT2D eigenvalue weighted by molar-refractivity contribution is -0.144. The predicted molar refractivity (Wildman–Crippen MR) is 113 cm³/mol. The quantitative estimate of drug-likeness (QED) is 0.578. The molecule has 0 spiro atoms. The van der Waals surface area contributed by atoms with Crippen molar-refractivity contribution in [2.75, 3.05) is 12.4 Å². The van der Waals surface area contributed by atoms with Gasteiger partial charge in [0.2, 0.25) is 0 Å². The number of aromatic hydroxyl groups is 1. The highest BCUT2D eigenvalue weighted by atomic mass is 19.1. The summed E-state index contributed by atoms with van der Waals surface area (Å²) < 4.78 is 18.5. The van der Waals surface area contributed by atoms with Crippen LogP contribution in [0, 0.1) is 5.82 Å². The van der Waals surface area contributed by atoms with E-state index in [9.17, 15) is 14.3 Å². The lowest BCUT2D eigenvalue weighted by Crippen LogP contribution is -2.41. The number of methoxy groups -OCH3 is 1. The Balaban J connectivity index is 2.35. The molecule has 0 amide bonds. The van der Waals surface area contributed by atoms with Gasteiger partial charge in [0.25, 0.3) is 0 Å². The highest BCUT2D eigenvalue weighted by molar-refractivity contribution is 5.99. The first-order valence-electron chi connectivity index (χ1n) is 9.43. The molecule has 3 rings (SSSR count). The molecule has 1 aromatic heterocycles. The van der Waals surface area contributed by atoms with E-state index in [1.54, 1.807) is 44.2 Å². The Morgan fingerprint density at radius 3 is 2.41 bits per heavy atom. The second kappa shape index (κ2) is 7.70. The first-order valence-corrected chi connectivity index (χ1v) is 9.43. The maximum atomic E-state index is 13.5. The minimum absolute atomic E-state index is 0.0525. The summed E-state index contributed by atoms with van der Waals surface area (Å²) in [5, 5.41) is 14.0. The number of nitrogens with zero attached hydrogens (tertiary/aromatic N) is 1.